The Kier molecular flexibility index (Phi) is 6.06. The highest BCUT2D eigenvalue weighted by molar-refractivity contribution is 5.74. The summed E-state index contributed by atoms with van der Waals surface area (Å²) in [5.41, 5.74) is 2.11. The predicted octanol–water partition coefficient (Wildman–Crippen LogP) is 3.12. The van der Waals surface area contributed by atoms with E-state index >= 15 is 0 Å². The van der Waals surface area contributed by atoms with Crippen LogP contribution in [0.5, 0.6) is 11.5 Å². The normalized spacial score (nSPS) is 15.5. The van der Waals surface area contributed by atoms with Gasteiger partial charge in [0.25, 0.3) is 0 Å². The third kappa shape index (κ3) is 4.64. The van der Waals surface area contributed by atoms with Crippen molar-refractivity contribution in [2.24, 2.45) is 0 Å². The highest BCUT2D eigenvalue weighted by atomic mass is 16.5. The van der Waals surface area contributed by atoms with Crippen LogP contribution in [0.15, 0.2) is 48.5 Å². The molecule has 2 aromatic rings. The Bertz CT molecular complexity index is 781. The van der Waals surface area contributed by atoms with E-state index in [4.69, 9.17) is 9.47 Å². The van der Waals surface area contributed by atoms with Gasteiger partial charge in [-0.3, -0.25) is 0 Å². The molecule has 1 atom stereocenters. The molecule has 27 heavy (non-hydrogen) atoms. The van der Waals surface area contributed by atoms with E-state index in [1.165, 1.54) is 0 Å². The van der Waals surface area contributed by atoms with Gasteiger partial charge >= 0.3 is 6.03 Å². The monoisotopic (exact) mass is 369 g/mol. The molecule has 1 N–H and O–H groups in total. The summed E-state index contributed by atoms with van der Waals surface area (Å²) in [6.45, 7) is 4.78. The van der Waals surface area contributed by atoms with E-state index in [9.17, 15) is 4.79 Å². The lowest BCUT2D eigenvalue weighted by Gasteiger charge is -2.37. The number of methoxy groups -OCH3 is 1. The van der Waals surface area contributed by atoms with Gasteiger partial charge in [0.15, 0.2) is 0 Å². The number of hydrogen-bond acceptors (Lipinski definition) is 4. The Morgan fingerprint density at radius 2 is 2.11 bits per heavy atom. The number of anilines is 1. The third-order valence-electron chi connectivity index (χ3n) is 4.71. The topological polar surface area (TPSA) is 54.0 Å². The largest absolute Gasteiger partial charge is 0.497 e. The molecular formula is C21H27N3O3. The number of carbonyl (C=O) groups is 1. The van der Waals surface area contributed by atoms with Crippen molar-refractivity contribution in [3.8, 4) is 11.5 Å². The van der Waals surface area contributed by atoms with Gasteiger partial charge in [0, 0.05) is 20.1 Å². The highest BCUT2D eigenvalue weighted by Gasteiger charge is 2.26. The van der Waals surface area contributed by atoms with Gasteiger partial charge in [0.1, 0.15) is 17.6 Å². The number of nitrogens with one attached hydrogen (secondary N) is 1. The highest BCUT2D eigenvalue weighted by Crippen LogP contribution is 2.32. The van der Waals surface area contributed by atoms with E-state index in [0.29, 0.717) is 13.1 Å². The molecule has 0 unspecified atom stereocenters. The van der Waals surface area contributed by atoms with Gasteiger partial charge in [0.05, 0.1) is 25.9 Å². The molecule has 1 aliphatic heterocycles. The number of fused-ring (bicyclic) bond motifs is 1. The van der Waals surface area contributed by atoms with E-state index in [0.717, 1.165) is 35.8 Å². The van der Waals surface area contributed by atoms with Crippen molar-refractivity contribution in [2.45, 2.75) is 19.6 Å². The van der Waals surface area contributed by atoms with Crippen LogP contribution in [0.3, 0.4) is 0 Å². The average molecular weight is 369 g/mol. The number of ether oxygens (including phenoxy) is 2. The fraction of sp³-hybridized carbons (Fsp3) is 0.381. The molecule has 6 heteroatoms. The summed E-state index contributed by atoms with van der Waals surface area (Å²) in [5, 5.41) is 2.95. The van der Waals surface area contributed by atoms with Gasteiger partial charge in [-0.05, 0) is 36.8 Å². The van der Waals surface area contributed by atoms with Crippen molar-refractivity contribution >= 4 is 11.7 Å². The maximum Gasteiger partial charge on any atom is 0.317 e. The maximum atomic E-state index is 12.5. The van der Waals surface area contributed by atoms with Crippen LogP contribution in [0.25, 0.3) is 0 Å². The number of nitrogens with zero attached hydrogens (tertiary/aromatic N) is 2. The van der Waals surface area contributed by atoms with Crippen LogP contribution in [-0.2, 0) is 6.54 Å². The van der Waals surface area contributed by atoms with Crippen LogP contribution in [0.4, 0.5) is 10.5 Å². The van der Waals surface area contributed by atoms with Crippen molar-refractivity contribution < 1.29 is 14.3 Å². The van der Waals surface area contributed by atoms with Crippen LogP contribution < -0.4 is 19.7 Å². The molecule has 2 aromatic carbocycles. The molecule has 0 aliphatic carbocycles. The fourth-order valence-corrected chi connectivity index (χ4v) is 3.26. The minimum atomic E-state index is -0.122. The predicted molar refractivity (Wildman–Crippen MR) is 107 cm³/mol. The molecule has 6 nitrogen and oxygen atoms in total. The van der Waals surface area contributed by atoms with Crippen molar-refractivity contribution in [3.05, 3.63) is 54.1 Å². The number of carbonyl (C=O) groups excluding carboxylic acids is 1. The quantitative estimate of drug-likeness (QED) is 0.850. The van der Waals surface area contributed by atoms with Gasteiger partial charge < -0.3 is 24.6 Å². The van der Waals surface area contributed by atoms with Crippen LogP contribution in [0.2, 0.25) is 0 Å². The first kappa shape index (κ1) is 18.9. The van der Waals surface area contributed by atoms with Crippen LogP contribution in [0.1, 0.15) is 12.5 Å². The number of para-hydroxylation sites is 2. The lowest BCUT2D eigenvalue weighted by Crippen LogP contribution is -2.48. The zero-order chi connectivity index (χ0) is 19.2. The summed E-state index contributed by atoms with van der Waals surface area (Å²) in [6, 6.07) is 15.6. The van der Waals surface area contributed by atoms with Gasteiger partial charge in [-0.1, -0.05) is 24.3 Å². The van der Waals surface area contributed by atoms with E-state index in [2.05, 4.69) is 23.2 Å². The smallest absolute Gasteiger partial charge is 0.317 e. The third-order valence-corrected chi connectivity index (χ3v) is 4.71. The number of rotatable bonds is 6. The molecule has 0 aromatic heterocycles. The Hall–Kier alpha value is -2.89. The molecule has 0 saturated heterocycles. The molecule has 3 rings (SSSR count). The van der Waals surface area contributed by atoms with E-state index in [1.54, 1.807) is 19.1 Å². The number of amides is 2. The van der Waals surface area contributed by atoms with Crippen molar-refractivity contribution in [1.82, 2.24) is 10.2 Å². The van der Waals surface area contributed by atoms with Gasteiger partial charge in [-0.25, -0.2) is 4.79 Å². The number of benzene rings is 2. The summed E-state index contributed by atoms with van der Waals surface area (Å²) in [7, 11) is 3.43. The molecule has 1 heterocycles. The summed E-state index contributed by atoms with van der Waals surface area (Å²) >= 11 is 0. The second-order valence-electron chi connectivity index (χ2n) is 6.64. The van der Waals surface area contributed by atoms with Crippen molar-refractivity contribution in [3.63, 3.8) is 0 Å². The lowest BCUT2D eigenvalue weighted by molar-refractivity contribution is 0.145. The van der Waals surface area contributed by atoms with Gasteiger partial charge in [-0.15, -0.1) is 0 Å². The Balaban J connectivity index is 1.55. The second-order valence-corrected chi connectivity index (χ2v) is 6.64. The van der Waals surface area contributed by atoms with E-state index in [1.807, 2.05) is 42.5 Å². The Morgan fingerprint density at radius 1 is 1.30 bits per heavy atom. The number of urea groups is 1. The SMILES string of the molecule is CCN1C[C@H](CN(C)C(=O)NCc2cccc(OC)c2)Oc2ccccc21. The first-order valence-electron chi connectivity index (χ1n) is 9.23. The van der Waals surface area contributed by atoms with E-state index in [-0.39, 0.29) is 12.1 Å². The van der Waals surface area contributed by atoms with E-state index < -0.39 is 0 Å². The zero-order valence-electron chi connectivity index (χ0n) is 16.1. The summed E-state index contributed by atoms with van der Waals surface area (Å²) in [5.74, 6) is 1.66. The number of likely N-dealkylation sites (N-methyl/N-ethyl adjacent to an activating group) is 2. The summed E-state index contributed by atoms with van der Waals surface area (Å²) < 4.78 is 11.3. The standard InChI is InChI=1S/C21H27N3O3/c1-4-24-15-18(27-20-11-6-5-10-19(20)24)14-23(2)21(25)22-13-16-8-7-9-17(12-16)26-3/h5-12,18H,4,13-15H2,1-3H3,(H,22,25)/t18-/m0/s1. The fourth-order valence-electron chi connectivity index (χ4n) is 3.26. The maximum absolute atomic E-state index is 12.5. The summed E-state index contributed by atoms with van der Waals surface area (Å²) in [6.07, 6.45) is -0.0626. The van der Waals surface area contributed by atoms with Crippen LogP contribution >= 0.6 is 0 Å². The molecule has 0 spiro atoms. The molecular weight excluding hydrogens is 342 g/mol. The number of hydrogen-bond donors (Lipinski definition) is 1. The molecule has 0 radical (unpaired) electrons. The van der Waals surface area contributed by atoms with Crippen molar-refractivity contribution in [2.75, 3.05) is 38.7 Å². The first-order valence-corrected chi connectivity index (χ1v) is 9.23. The molecule has 1 aliphatic rings. The van der Waals surface area contributed by atoms with Gasteiger partial charge in [-0.2, -0.15) is 0 Å². The minimum absolute atomic E-state index is 0.0626. The molecule has 0 fully saturated rings. The molecule has 144 valence electrons. The van der Waals surface area contributed by atoms with Crippen molar-refractivity contribution in [1.29, 1.82) is 0 Å². The zero-order valence-corrected chi connectivity index (χ0v) is 16.1. The molecule has 0 bridgehead atoms. The Labute approximate surface area is 160 Å². The Morgan fingerprint density at radius 3 is 2.89 bits per heavy atom. The average Bonchev–Trinajstić information content (AvgIpc) is 2.71. The second kappa shape index (κ2) is 8.66. The minimum Gasteiger partial charge on any atom is -0.497 e. The van der Waals surface area contributed by atoms with Gasteiger partial charge in [0.2, 0.25) is 0 Å². The summed E-state index contributed by atoms with van der Waals surface area (Å²) in [4.78, 5) is 16.4. The van der Waals surface area contributed by atoms with Crippen LogP contribution in [0, 0.1) is 0 Å². The molecule has 0 saturated carbocycles. The first-order chi connectivity index (χ1) is 13.1. The lowest BCUT2D eigenvalue weighted by atomic mass is 10.2. The van der Waals surface area contributed by atoms with Crippen LogP contribution in [-0.4, -0.2) is 50.8 Å². The molecule has 2 amide bonds.